The van der Waals surface area contributed by atoms with E-state index in [9.17, 15) is 14.4 Å². The van der Waals surface area contributed by atoms with E-state index in [4.69, 9.17) is 9.47 Å². The summed E-state index contributed by atoms with van der Waals surface area (Å²) in [7, 11) is 3.06. The van der Waals surface area contributed by atoms with Crippen LogP contribution in [0.2, 0.25) is 0 Å². The van der Waals surface area contributed by atoms with Crippen LogP contribution in [0.1, 0.15) is 27.0 Å². The van der Waals surface area contributed by atoms with Crippen LogP contribution in [-0.4, -0.2) is 37.7 Å². The Morgan fingerprint density at radius 3 is 2.26 bits per heavy atom. The van der Waals surface area contributed by atoms with Gasteiger partial charge in [0.1, 0.15) is 17.2 Å². The first-order valence-electron chi connectivity index (χ1n) is 13.5. The summed E-state index contributed by atoms with van der Waals surface area (Å²) in [6.07, 6.45) is 1.55. The maximum Gasteiger partial charge on any atom is 0.272 e. The number of amides is 3. The molecule has 43 heavy (non-hydrogen) atoms. The standard InChI is InChI=1S/C34H33N3O5S/c1-22-10-11-23(2)29(18-22)36-32(38)21-43-28-16-13-26(14-17-28)35-34(40)30(37-33(39)24-8-6-5-7-9-24)19-25-12-15-27(41-3)20-31(25)42-4/h5-20H,21H2,1-4H3,(H,35,40)(H,36,38)(H,37,39)/b30-19-. The first kappa shape index (κ1) is 30.9. The second kappa shape index (κ2) is 14.7. The van der Waals surface area contributed by atoms with Crippen molar-refractivity contribution in [1.82, 2.24) is 5.32 Å². The summed E-state index contributed by atoms with van der Waals surface area (Å²) in [6, 6.07) is 26.9. The van der Waals surface area contributed by atoms with Crippen molar-refractivity contribution in [2.24, 2.45) is 0 Å². The number of carbonyl (C=O) groups excluding carboxylic acids is 3. The van der Waals surface area contributed by atoms with Crippen molar-refractivity contribution in [1.29, 1.82) is 0 Å². The molecule has 3 amide bonds. The van der Waals surface area contributed by atoms with Gasteiger partial charge in [0, 0.05) is 33.5 Å². The van der Waals surface area contributed by atoms with Crippen LogP contribution in [0.25, 0.3) is 6.08 Å². The first-order chi connectivity index (χ1) is 20.7. The van der Waals surface area contributed by atoms with Gasteiger partial charge in [0.25, 0.3) is 11.8 Å². The number of rotatable bonds is 11. The molecule has 0 heterocycles. The molecule has 0 unspecified atom stereocenters. The zero-order valence-electron chi connectivity index (χ0n) is 24.4. The molecule has 4 rings (SSSR count). The maximum absolute atomic E-state index is 13.4. The molecule has 0 aliphatic heterocycles. The van der Waals surface area contributed by atoms with Crippen molar-refractivity contribution in [3.63, 3.8) is 0 Å². The van der Waals surface area contributed by atoms with Crippen LogP contribution in [0.3, 0.4) is 0 Å². The number of thioether (sulfide) groups is 1. The number of ether oxygens (including phenoxy) is 2. The number of hydrogen-bond donors (Lipinski definition) is 3. The molecule has 9 heteroatoms. The van der Waals surface area contributed by atoms with E-state index >= 15 is 0 Å². The minimum absolute atomic E-state index is 0.0267. The summed E-state index contributed by atoms with van der Waals surface area (Å²) in [5, 5.41) is 8.53. The Kier molecular flexibility index (Phi) is 10.6. The number of benzene rings is 4. The van der Waals surface area contributed by atoms with Crippen LogP contribution in [0.5, 0.6) is 11.5 Å². The van der Waals surface area contributed by atoms with Gasteiger partial charge in [-0.15, -0.1) is 11.8 Å². The lowest BCUT2D eigenvalue weighted by atomic mass is 10.1. The van der Waals surface area contributed by atoms with E-state index in [2.05, 4.69) is 16.0 Å². The van der Waals surface area contributed by atoms with Gasteiger partial charge in [-0.25, -0.2) is 0 Å². The third kappa shape index (κ3) is 8.73. The summed E-state index contributed by atoms with van der Waals surface area (Å²) in [4.78, 5) is 39.8. The molecular formula is C34H33N3O5S. The Bertz CT molecular complexity index is 1640. The fourth-order valence-corrected chi connectivity index (χ4v) is 4.77. The lowest BCUT2D eigenvalue weighted by molar-refractivity contribution is -0.114. The zero-order chi connectivity index (χ0) is 30.8. The fourth-order valence-electron chi connectivity index (χ4n) is 4.07. The van der Waals surface area contributed by atoms with E-state index in [0.717, 1.165) is 21.7 Å². The minimum atomic E-state index is -0.518. The van der Waals surface area contributed by atoms with E-state index in [1.807, 2.05) is 50.2 Å². The summed E-state index contributed by atoms with van der Waals surface area (Å²) in [5.41, 5.74) is 4.42. The van der Waals surface area contributed by atoms with Gasteiger partial charge in [-0.1, -0.05) is 30.3 Å². The molecule has 0 atom stereocenters. The van der Waals surface area contributed by atoms with E-state index in [1.54, 1.807) is 67.8 Å². The van der Waals surface area contributed by atoms with E-state index in [1.165, 1.54) is 18.9 Å². The molecule has 4 aromatic rings. The van der Waals surface area contributed by atoms with Gasteiger partial charge in [-0.05, 0) is 85.6 Å². The highest BCUT2D eigenvalue weighted by Gasteiger charge is 2.17. The molecule has 0 aromatic heterocycles. The van der Waals surface area contributed by atoms with Crippen molar-refractivity contribution < 1.29 is 23.9 Å². The lowest BCUT2D eigenvalue weighted by Crippen LogP contribution is -2.30. The number of nitrogens with one attached hydrogen (secondary N) is 3. The van der Waals surface area contributed by atoms with Crippen molar-refractivity contribution in [3.05, 3.63) is 119 Å². The smallest absolute Gasteiger partial charge is 0.272 e. The predicted molar refractivity (Wildman–Crippen MR) is 172 cm³/mol. The molecule has 0 aliphatic carbocycles. The largest absolute Gasteiger partial charge is 0.497 e. The lowest BCUT2D eigenvalue weighted by Gasteiger charge is -2.13. The van der Waals surface area contributed by atoms with Crippen molar-refractivity contribution >= 4 is 46.9 Å². The van der Waals surface area contributed by atoms with Crippen LogP contribution in [0.15, 0.2) is 102 Å². The van der Waals surface area contributed by atoms with Crippen LogP contribution in [0.4, 0.5) is 11.4 Å². The predicted octanol–water partition coefficient (Wildman–Crippen LogP) is 6.46. The van der Waals surface area contributed by atoms with Crippen LogP contribution >= 0.6 is 11.8 Å². The number of aryl methyl sites for hydroxylation is 2. The van der Waals surface area contributed by atoms with Crippen molar-refractivity contribution in [2.45, 2.75) is 18.7 Å². The normalized spacial score (nSPS) is 10.9. The number of anilines is 2. The Hall–Kier alpha value is -5.02. The Balaban J connectivity index is 1.46. The summed E-state index contributed by atoms with van der Waals surface area (Å²) in [6.45, 7) is 3.94. The minimum Gasteiger partial charge on any atom is -0.497 e. The summed E-state index contributed by atoms with van der Waals surface area (Å²) in [5.74, 6) is 0.252. The quantitative estimate of drug-likeness (QED) is 0.136. The Labute approximate surface area is 255 Å². The average Bonchev–Trinajstić information content (AvgIpc) is 3.02. The Morgan fingerprint density at radius 1 is 0.814 bits per heavy atom. The van der Waals surface area contributed by atoms with Crippen molar-refractivity contribution in [3.8, 4) is 11.5 Å². The van der Waals surface area contributed by atoms with Crippen LogP contribution < -0.4 is 25.4 Å². The second-order valence-corrected chi connectivity index (χ2v) is 10.7. The molecule has 0 radical (unpaired) electrons. The molecule has 0 bridgehead atoms. The van der Waals surface area contributed by atoms with Gasteiger partial charge in [0.2, 0.25) is 5.91 Å². The van der Waals surface area contributed by atoms with E-state index < -0.39 is 11.8 Å². The maximum atomic E-state index is 13.4. The van der Waals surface area contributed by atoms with Gasteiger partial charge >= 0.3 is 0 Å². The molecule has 0 saturated heterocycles. The van der Waals surface area contributed by atoms with Gasteiger partial charge < -0.3 is 25.4 Å². The molecule has 0 fully saturated rings. The number of hydrogen-bond acceptors (Lipinski definition) is 6. The summed E-state index contributed by atoms with van der Waals surface area (Å²) >= 11 is 1.39. The molecule has 220 valence electrons. The van der Waals surface area contributed by atoms with Gasteiger partial charge in [-0.3, -0.25) is 14.4 Å². The van der Waals surface area contributed by atoms with Gasteiger partial charge in [0.15, 0.2) is 0 Å². The Morgan fingerprint density at radius 2 is 1.56 bits per heavy atom. The highest BCUT2D eigenvalue weighted by atomic mass is 32.2. The van der Waals surface area contributed by atoms with E-state index in [-0.39, 0.29) is 17.4 Å². The molecule has 8 nitrogen and oxygen atoms in total. The number of methoxy groups -OCH3 is 2. The molecule has 0 saturated carbocycles. The van der Waals surface area contributed by atoms with Gasteiger partial charge in [0.05, 0.1) is 20.0 Å². The zero-order valence-corrected chi connectivity index (χ0v) is 25.2. The fraction of sp³-hybridized carbons (Fsp3) is 0.147. The van der Waals surface area contributed by atoms with Crippen LogP contribution in [-0.2, 0) is 9.59 Å². The molecule has 4 aromatic carbocycles. The third-order valence-electron chi connectivity index (χ3n) is 6.42. The molecular weight excluding hydrogens is 562 g/mol. The summed E-state index contributed by atoms with van der Waals surface area (Å²) < 4.78 is 10.7. The SMILES string of the molecule is COc1ccc(/C=C(\NC(=O)c2ccccc2)C(=O)Nc2ccc(SCC(=O)Nc3cc(C)ccc3C)cc2)c(OC)c1. The molecule has 0 aliphatic rings. The monoisotopic (exact) mass is 595 g/mol. The van der Waals surface area contributed by atoms with E-state index in [0.29, 0.717) is 28.3 Å². The number of carbonyl (C=O) groups is 3. The van der Waals surface area contributed by atoms with Crippen molar-refractivity contribution in [2.75, 3.05) is 30.6 Å². The van der Waals surface area contributed by atoms with Gasteiger partial charge in [-0.2, -0.15) is 0 Å². The van der Waals surface area contributed by atoms with Crippen LogP contribution in [0, 0.1) is 13.8 Å². The third-order valence-corrected chi connectivity index (χ3v) is 7.43. The topological polar surface area (TPSA) is 106 Å². The molecule has 3 N–H and O–H groups in total. The highest BCUT2D eigenvalue weighted by molar-refractivity contribution is 8.00. The second-order valence-electron chi connectivity index (χ2n) is 9.62. The highest BCUT2D eigenvalue weighted by Crippen LogP contribution is 2.27. The average molecular weight is 596 g/mol. The first-order valence-corrected chi connectivity index (χ1v) is 14.5. The molecule has 0 spiro atoms.